The Morgan fingerprint density at radius 3 is 2.65 bits per heavy atom. The number of aromatic nitrogens is 6. The molecule has 0 bridgehead atoms. The van der Waals surface area contributed by atoms with E-state index in [-0.39, 0.29) is 11.5 Å². The van der Waals surface area contributed by atoms with Crippen molar-refractivity contribution in [3.05, 3.63) is 65.7 Å². The number of nitrogens with zero attached hydrogens (tertiary/aromatic N) is 6. The minimum absolute atomic E-state index is 0.142. The summed E-state index contributed by atoms with van der Waals surface area (Å²) in [5, 5.41) is 20.0. The van der Waals surface area contributed by atoms with E-state index in [1.165, 1.54) is 17.8 Å². The first kappa shape index (κ1) is 16.4. The van der Waals surface area contributed by atoms with Crippen LogP contribution in [0.15, 0.2) is 58.2 Å². The van der Waals surface area contributed by atoms with Crippen molar-refractivity contribution < 1.29 is 8.81 Å². The van der Waals surface area contributed by atoms with Crippen LogP contribution >= 0.6 is 11.8 Å². The van der Waals surface area contributed by atoms with Crippen LogP contribution in [0.5, 0.6) is 0 Å². The van der Waals surface area contributed by atoms with E-state index < -0.39 is 5.82 Å². The zero-order valence-electron chi connectivity index (χ0n) is 13.7. The van der Waals surface area contributed by atoms with Gasteiger partial charge in [-0.25, -0.2) is 4.39 Å². The number of thioether (sulfide) groups is 1. The van der Waals surface area contributed by atoms with Crippen LogP contribution in [-0.2, 0) is 5.75 Å². The standard InChI is InChI=1S/C17H13FN6OS/c1-11-6-8-12(9-7-11)24-15(19-22-23-24)10-26-17-21-20-16(25-17)13-4-2-3-5-14(13)18/h2-9H,10H2,1H3. The molecule has 0 atom stereocenters. The van der Waals surface area contributed by atoms with E-state index in [0.717, 1.165) is 11.3 Å². The van der Waals surface area contributed by atoms with Crippen molar-refractivity contribution >= 4 is 11.8 Å². The van der Waals surface area contributed by atoms with E-state index in [9.17, 15) is 4.39 Å². The maximum absolute atomic E-state index is 13.8. The maximum atomic E-state index is 13.8. The first-order valence-corrected chi connectivity index (χ1v) is 8.75. The van der Waals surface area contributed by atoms with Crippen LogP contribution in [0.25, 0.3) is 17.1 Å². The highest BCUT2D eigenvalue weighted by Gasteiger charge is 2.15. The number of benzene rings is 2. The van der Waals surface area contributed by atoms with Crippen molar-refractivity contribution in [3.8, 4) is 17.1 Å². The summed E-state index contributed by atoms with van der Waals surface area (Å²) in [4.78, 5) is 0. The Balaban J connectivity index is 1.50. The van der Waals surface area contributed by atoms with E-state index in [4.69, 9.17) is 4.42 Å². The van der Waals surface area contributed by atoms with E-state index in [0.29, 0.717) is 16.8 Å². The highest BCUT2D eigenvalue weighted by atomic mass is 32.2. The van der Waals surface area contributed by atoms with Gasteiger partial charge in [0.2, 0.25) is 0 Å². The third-order valence-electron chi connectivity index (χ3n) is 3.65. The SMILES string of the molecule is Cc1ccc(-n2nnnc2CSc2nnc(-c3ccccc3F)o2)cc1. The molecule has 2 heterocycles. The molecule has 4 aromatic rings. The number of hydrogen-bond donors (Lipinski definition) is 0. The van der Waals surface area contributed by atoms with Crippen molar-refractivity contribution in [1.82, 2.24) is 30.4 Å². The quantitative estimate of drug-likeness (QED) is 0.499. The Kier molecular flexibility index (Phi) is 4.44. The summed E-state index contributed by atoms with van der Waals surface area (Å²) in [6, 6.07) is 14.1. The second-order valence-corrected chi connectivity index (χ2v) is 6.41. The van der Waals surface area contributed by atoms with Gasteiger partial charge < -0.3 is 4.42 Å². The summed E-state index contributed by atoms with van der Waals surface area (Å²) < 4.78 is 21.0. The van der Waals surface area contributed by atoms with E-state index in [1.54, 1.807) is 22.9 Å². The lowest BCUT2D eigenvalue weighted by Crippen LogP contribution is -2.02. The molecule has 0 unspecified atom stereocenters. The van der Waals surface area contributed by atoms with Crippen molar-refractivity contribution in [1.29, 1.82) is 0 Å². The summed E-state index contributed by atoms with van der Waals surface area (Å²) >= 11 is 1.29. The minimum atomic E-state index is -0.406. The fourth-order valence-electron chi connectivity index (χ4n) is 2.32. The maximum Gasteiger partial charge on any atom is 0.277 e. The summed E-state index contributed by atoms with van der Waals surface area (Å²) in [6.07, 6.45) is 0. The number of tetrazole rings is 1. The van der Waals surface area contributed by atoms with E-state index in [2.05, 4.69) is 25.7 Å². The number of halogens is 1. The topological polar surface area (TPSA) is 82.5 Å². The zero-order chi connectivity index (χ0) is 17.9. The van der Waals surface area contributed by atoms with Gasteiger partial charge in [0.25, 0.3) is 11.1 Å². The number of hydrogen-bond acceptors (Lipinski definition) is 7. The van der Waals surface area contributed by atoms with Crippen LogP contribution < -0.4 is 0 Å². The van der Waals surface area contributed by atoms with Gasteiger partial charge in [0, 0.05) is 0 Å². The van der Waals surface area contributed by atoms with Gasteiger partial charge in [-0.1, -0.05) is 41.6 Å². The molecule has 2 aromatic carbocycles. The van der Waals surface area contributed by atoms with Crippen LogP contribution in [0.1, 0.15) is 11.4 Å². The minimum Gasteiger partial charge on any atom is -0.411 e. The predicted octanol–water partition coefficient (Wildman–Crippen LogP) is 3.45. The third-order valence-corrected chi connectivity index (χ3v) is 4.46. The van der Waals surface area contributed by atoms with Crippen LogP contribution in [0.3, 0.4) is 0 Å². The Labute approximate surface area is 152 Å². The Bertz CT molecular complexity index is 1030. The average molecular weight is 368 g/mol. The van der Waals surface area contributed by atoms with Crippen LogP contribution in [-0.4, -0.2) is 30.4 Å². The van der Waals surface area contributed by atoms with Gasteiger partial charge in [0.05, 0.1) is 17.0 Å². The van der Waals surface area contributed by atoms with Crippen LogP contribution in [0.2, 0.25) is 0 Å². The predicted molar refractivity (Wildman–Crippen MR) is 93.1 cm³/mol. The van der Waals surface area contributed by atoms with Gasteiger partial charge >= 0.3 is 0 Å². The second kappa shape index (κ2) is 7.04. The largest absolute Gasteiger partial charge is 0.411 e. The fourth-order valence-corrected chi connectivity index (χ4v) is 2.99. The van der Waals surface area contributed by atoms with Crippen molar-refractivity contribution in [3.63, 3.8) is 0 Å². The molecular formula is C17H13FN6OS. The molecule has 0 spiro atoms. The first-order chi connectivity index (χ1) is 12.7. The van der Waals surface area contributed by atoms with Gasteiger partial charge in [0.15, 0.2) is 5.82 Å². The molecule has 2 aromatic heterocycles. The molecule has 7 nitrogen and oxygen atoms in total. The Hall–Kier alpha value is -3.07. The third kappa shape index (κ3) is 3.33. The summed E-state index contributed by atoms with van der Waals surface area (Å²) in [7, 11) is 0. The van der Waals surface area contributed by atoms with Crippen molar-refractivity contribution in [2.75, 3.05) is 0 Å². The summed E-state index contributed by atoms with van der Waals surface area (Å²) in [5.41, 5.74) is 2.30. The molecule has 9 heteroatoms. The lowest BCUT2D eigenvalue weighted by Gasteiger charge is -2.03. The highest BCUT2D eigenvalue weighted by molar-refractivity contribution is 7.98. The molecule has 0 radical (unpaired) electrons. The monoisotopic (exact) mass is 368 g/mol. The molecular weight excluding hydrogens is 355 g/mol. The molecule has 0 saturated heterocycles. The molecule has 0 saturated carbocycles. The molecule has 0 aliphatic heterocycles. The summed E-state index contributed by atoms with van der Waals surface area (Å²) in [6.45, 7) is 2.02. The Morgan fingerprint density at radius 2 is 1.85 bits per heavy atom. The van der Waals surface area contributed by atoms with Gasteiger partial charge in [-0.2, -0.15) is 4.68 Å². The normalized spacial score (nSPS) is 11.0. The second-order valence-electron chi connectivity index (χ2n) is 5.48. The first-order valence-electron chi connectivity index (χ1n) is 7.76. The smallest absolute Gasteiger partial charge is 0.277 e. The highest BCUT2D eigenvalue weighted by Crippen LogP contribution is 2.27. The molecule has 0 aliphatic rings. The molecule has 0 aliphatic carbocycles. The summed E-state index contributed by atoms with van der Waals surface area (Å²) in [5.74, 6) is 0.809. The molecule has 130 valence electrons. The molecule has 0 fully saturated rings. The van der Waals surface area contributed by atoms with Gasteiger partial charge in [-0.3, -0.25) is 0 Å². The number of aryl methyl sites for hydroxylation is 1. The van der Waals surface area contributed by atoms with E-state index >= 15 is 0 Å². The lowest BCUT2D eigenvalue weighted by atomic mass is 10.2. The lowest BCUT2D eigenvalue weighted by molar-refractivity contribution is 0.462. The fraction of sp³-hybridized carbons (Fsp3) is 0.118. The number of rotatable bonds is 5. The van der Waals surface area contributed by atoms with Crippen LogP contribution in [0.4, 0.5) is 4.39 Å². The molecule has 0 amide bonds. The van der Waals surface area contributed by atoms with Crippen molar-refractivity contribution in [2.24, 2.45) is 0 Å². The molecule has 26 heavy (non-hydrogen) atoms. The molecule has 0 N–H and O–H groups in total. The van der Waals surface area contributed by atoms with Gasteiger partial charge in [-0.05, 0) is 41.6 Å². The zero-order valence-corrected chi connectivity index (χ0v) is 14.5. The Morgan fingerprint density at radius 1 is 1.04 bits per heavy atom. The van der Waals surface area contributed by atoms with Crippen molar-refractivity contribution in [2.45, 2.75) is 17.9 Å². The molecule has 4 rings (SSSR count). The average Bonchev–Trinajstić information content (AvgIpc) is 3.30. The van der Waals surface area contributed by atoms with E-state index in [1.807, 2.05) is 31.2 Å². The van der Waals surface area contributed by atoms with Gasteiger partial charge in [-0.15, -0.1) is 15.3 Å². The van der Waals surface area contributed by atoms with Gasteiger partial charge in [0.1, 0.15) is 5.82 Å². The van der Waals surface area contributed by atoms with Crippen LogP contribution in [0, 0.1) is 12.7 Å².